The van der Waals surface area contributed by atoms with Crippen molar-refractivity contribution in [3.05, 3.63) is 59.2 Å². The minimum atomic E-state index is -4.71. The number of anilines is 1. The average molecular weight is 286 g/mol. The molecular formula is C13H10F4N2O. The molecule has 0 saturated carbocycles. The maximum absolute atomic E-state index is 13.2. The largest absolute Gasteiger partial charge is 0.416 e. The molecule has 1 aromatic heterocycles. The van der Waals surface area contributed by atoms with E-state index in [9.17, 15) is 22.7 Å². The lowest BCUT2D eigenvalue weighted by atomic mass is 9.96. The summed E-state index contributed by atoms with van der Waals surface area (Å²) in [5.74, 6) is -0.880. The van der Waals surface area contributed by atoms with Gasteiger partial charge in [-0.05, 0) is 24.3 Å². The van der Waals surface area contributed by atoms with Crippen molar-refractivity contribution in [1.29, 1.82) is 0 Å². The van der Waals surface area contributed by atoms with E-state index in [2.05, 4.69) is 4.98 Å². The predicted octanol–water partition coefficient (Wildman–Crippen LogP) is 2.90. The first-order valence-corrected chi connectivity index (χ1v) is 5.55. The molecule has 0 amide bonds. The van der Waals surface area contributed by atoms with Gasteiger partial charge in [-0.3, -0.25) is 4.98 Å². The molecule has 7 heteroatoms. The molecule has 0 radical (unpaired) electrons. The minimum absolute atomic E-state index is 0.0106. The third-order valence-electron chi connectivity index (χ3n) is 2.80. The number of hydrogen-bond donors (Lipinski definition) is 2. The molecule has 0 spiro atoms. The number of hydrogen-bond acceptors (Lipinski definition) is 3. The molecule has 1 atom stereocenters. The Morgan fingerprint density at radius 3 is 2.45 bits per heavy atom. The number of aromatic nitrogens is 1. The van der Waals surface area contributed by atoms with E-state index in [1.807, 2.05) is 0 Å². The monoisotopic (exact) mass is 286 g/mol. The fraction of sp³-hybridized carbons (Fsp3) is 0.154. The van der Waals surface area contributed by atoms with Gasteiger partial charge in [-0.15, -0.1) is 0 Å². The molecule has 1 heterocycles. The van der Waals surface area contributed by atoms with Crippen LogP contribution in [0.15, 0.2) is 36.7 Å². The molecule has 20 heavy (non-hydrogen) atoms. The Morgan fingerprint density at radius 2 is 1.85 bits per heavy atom. The molecule has 2 aromatic rings. The van der Waals surface area contributed by atoms with E-state index in [-0.39, 0.29) is 11.3 Å². The molecule has 0 aliphatic heterocycles. The molecule has 0 bridgehead atoms. The van der Waals surface area contributed by atoms with Crippen LogP contribution in [0, 0.1) is 5.82 Å². The third kappa shape index (κ3) is 2.72. The second-order valence-electron chi connectivity index (χ2n) is 4.14. The number of alkyl halides is 3. The normalized spacial score (nSPS) is 13.2. The lowest BCUT2D eigenvalue weighted by Gasteiger charge is -2.18. The van der Waals surface area contributed by atoms with Crippen LogP contribution < -0.4 is 5.73 Å². The van der Waals surface area contributed by atoms with Gasteiger partial charge in [0, 0.05) is 29.2 Å². The van der Waals surface area contributed by atoms with E-state index in [0.29, 0.717) is 18.2 Å². The van der Waals surface area contributed by atoms with Crippen LogP contribution in [0.4, 0.5) is 23.2 Å². The summed E-state index contributed by atoms with van der Waals surface area (Å²) in [5.41, 5.74) is 3.93. The summed E-state index contributed by atoms with van der Waals surface area (Å²) in [4.78, 5) is 3.69. The SMILES string of the molecule is Nc1ccncc1C(O)c1cc(F)ccc1C(F)(F)F. The molecular weight excluding hydrogens is 276 g/mol. The van der Waals surface area contributed by atoms with Gasteiger partial charge in [-0.1, -0.05) is 0 Å². The van der Waals surface area contributed by atoms with Crippen LogP contribution in [0.5, 0.6) is 0 Å². The number of halogens is 4. The quantitative estimate of drug-likeness (QED) is 0.834. The van der Waals surface area contributed by atoms with E-state index in [1.165, 1.54) is 12.3 Å². The molecule has 3 nitrogen and oxygen atoms in total. The molecule has 2 rings (SSSR count). The van der Waals surface area contributed by atoms with Crippen LogP contribution in [0.3, 0.4) is 0 Å². The Kier molecular flexibility index (Phi) is 3.63. The van der Waals surface area contributed by atoms with Crippen molar-refractivity contribution in [3.8, 4) is 0 Å². The van der Waals surface area contributed by atoms with Gasteiger partial charge in [0.1, 0.15) is 11.9 Å². The molecule has 0 fully saturated rings. The molecule has 1 aromatic carbocycles. The third-order valence-corrected chi connectivity index (χ3v) is 2.80. The standard InChI is InChI=1S/C13H10F4N2O/c14-7-1-2-10(13(15,16)17)8(5-7)12(20)9-6-19-4-3-11(9)18/h1-6,12,20H,(H2,18,19). The van der Waals surface area contributed by atoms with Crippen molar-refractivity contribution in [3.63, 3.8) is 0 Å². The Labute approximate surface area is 111 Å². The van der Waals surface area contributed by atoms with Crippen LogP contribution in [-0.4, -0.2) is 10.1 Å². The zero-order chi connectivity index (χ0) is 14.9. The molecule has 3 N–H and O–H groups in total. The summed E-state index contributed by atoms with van der Waals surface area (Å²) in [5, 5.41) is 10.1. The van der Waals surface area contributed by atoms with E-state index < -0.39 is 29.2 Å². The summed E-state index contributed by atoms with van der Waals surface area (Å²) in [6.45, 7) is 0. The number of nitrogens with zero attached hydrogens (tertiary/aromatic N) is 1. The van der Waals surface area contributed by atoms with Gasteiger partial charge in [0.15, 0.2) is 0 Å². The number of rotatable bonds is 2. The average Bonchev–Trinajstić information content (AvgIpc) is 2.37. The van der Waals surface area contributed by atoms with Crippen molar-refractivity contribution >= 4 is 5.69 Å². The maximum Gasteiger partial charge on any atom is 0.416 e. The fourth-order valence-corrected chi connectivity index (χ4v) is 1.83. The van der Waals surface area contributed by atoms with Crippen LogP contribution in [-0.2, 0) is 6.18 Å². The summed E-state index contributed by atoms with van der Waals surface area (Å²) < 4.78 is 51.8. The highest BCUT2D eigenvalue weighted by atomic mass is 19.4. The Bertz CT molecular complexity index is 628. The van der Waals surface area contributed by atoms with Crippen LogP contribution in [0.25, 0.3) is 0 Å². The Morgan fingerprint density at radius 1 is 1.15 bits per heavy atom. The Balaban J connectivity index is 2.57. The highest BCUT2D eigenvalue weighted by Gasteiger charge is 2.35. The molecule has 1 unspecified atom stereocenters. The van der Waals surface area contributed by atoms with Crippen LogP contribution in [0.1, 0.15) is 22.8 Å². The highest BCUT2D eigenvalue weighted by molar-refractivity contribution is 5.50. The summed E-state index contributed by atoms with van der Waals surface area (Å²) in [6.07, 6.45) is -3.94. The molecule has 0 aliphatic carbocycles. The lowest BCUT2D eigenvalue weighted by Crippen LogP contribution is -2.14. The number of pyridine rings is 1. The van der Waals surface area contributed by atoms with Crippen molar-refractivity contribution in [2.75, 3.05) is 5.73 Å². The fourth-order valence-electron chi connectivity index (χ4n) is 1.83. The van der Waals surface area contributed by atoms with E-state index in [4.69, 9.17) is 5.73 Å². The first-order chi connectivity index (χ1) is 9.30. The first-order valence-electron chi connectivity index (χ1n) is 5.55. The second-order valence-corrected chi connectivity index (χ2v) is 4.14. The van der Waals surface area contributed by atoms with Gasteiger partial charge < -0.3 is 10.8 Å². The number of aliphatic hydroxyl groups is 1. The summed E-state index contributed by atoms with van der Waals surface area (Å²) in [7, 11) is 0. The minimum Gasteiger partial charge on any atom is -0.398 e. The van der Waals surface area contributed by atoms with E-state index in [0.717, 1.165) is 6.20 Å². The van der Waals surface area contributed by atoms with E-state index >= 15 is 0 Å². The van der Waals surface area contributed by atoms with E-state index in [1.54, 1.807) is 0 Å². The molecule has 0 saturated heterocycles. The smallest absolute Gasteiger partial charge is 0.398 e. The zero-order valence-corrected chi connectivity index (χ0v) is 10.0. The molecule has 0 aliphatic rings. The van der Waals surface area contributed by atoms with Crippen molar-refractivity contribution in [2.45, 2.75) is 12.3 Å². The van der Waals surface area contributed by atoms with Crippen molar-refractivity contribution < 1.29 is 22.7 Å². The molecule has 106 valence electrons. The van der Waals surface area contributed by atoms with Gasteiger partial charge in [0.25, 0.3) is 0 Å². The highest BCUT2D eigenvalue weighted by Crippen LogP contribution is 2.37. The first kappa shape index (κ1) is 14.3. The predicted molar refractivity (Wildman–Crippen MR) is 64.1 cm³/mol. The van der Waals surface area contributed by atoms with Crippen molar-refractivity contribution in [2.24, 2.45) is 0 Å². The van der Waals surface area contributed by atoms with Crippen LogP contribution in [0.2, 0.25) is 0 Å². The van der Waals surface area contributed by atoms with Crippen LogP contribution >= 0.6 is 0 Å². The summed E-state index contributed by atoms with van der Waals surface area (Å²) >= 11 is 0. The number of benzene rings is 1. The zero-order valence-electron chi connectivity index (χ0n) is 10.0. The van der Waals surface area contributed by atoms with Gasteiger partial charge in [0.05, 0.1) is 5.56 Å². The van der Waals surface area contributed by atoms with Gasteiger partial charge in [-0.25, -0.2) is 4.39 Å². The van der Waals surface area contributed by atoms with Crippen molar-refractivity contribution in [1.82, 2.24) is 4.98 Å². The second kappa shape index (κ2) is 5.09. The summed E-state index contributed by atoms with van der Waals surface area (Å²) in [6, 6.07) is 3.25. The lowest BCUT2D eigenvalue weighted by molar-refractivity contribution is -0.139. The number of nitrogen functional groups attached to an aromatic ring is 1. The maximum atomic E-state index is 13.2. The van der Waals surface area contributed by atoms with Gasteiger partial charge in [0.2, 0.25) is 0 Å². The number of nitrogens with two attached hydrogens (primary N) is 1. The van der Waals surface area contributed by atoms with Gasteiger partial charge >= 0.3 is 6.18 Å². The Hall–Kier alpha value is -2.15. The topological polar surface area (TPSA) is 59.1 Å². The van der Waals surface area contributed by atoms with Gasteiger partial charge in [-0.2, -0.15) is 13.2 Å². The number of aliphatic hydroxyl groups excluding tert-OH is 1.